The van der Waals surface area contributed by atoms with E-state index in [0.717, 1.165) is 39.0 Å². The van der Waals surface area contributed by atoms with E-state index in [1.165, 1.54) is 18.4 Å². The van der Waals surface area contributed by atoms with Crippen LogP contribution in [0.4, 0.5) is 0 Å². The molecule has 104 valence electrons. The average Bonchev–Trinajstić information content (AvgIpc) is 2.83. The highest BCUT2D eigenvalue weighted by Gasteiger charge is 2.35. The number of hydrogen-bond acceptors (Lipinski definition) is 3. The minimum absolute atomic E-state index is 0.396. The van der Waals surface area contributed by atoms with Gasteiger partial charge in [0.1, 0.15) is 0 Å². The smallest absolute Gasteiger partial charge is 0.0771 e. The van der Waals surface area contributed by atoms with Crippen molar-refractivity contribution >= 4 is 0 Å². The molecule has 0 amide bonds. The molecule has 3 rings (SSSR count). The van der Waals surface area contributed by atoms with Crippen LogP contribution in [0.25, 0.3) is 0 Å². The van der Waals surface area contributed by atoms with Crippen molar-refractivity contribution in [2.45, 2.75) is 43.9 Å². The Morgan fingerprint density at radius 2 is 2.05 bits per heavy atom. The Morgan fingerprint density at radius 1 is 1.26 bits per heavy atom. The molecule has 0 bridgehead atoms. The second kappa shape index (κ2) is 5.61. The van der Waals surface area contributed by atoms with Crippen LogP contribution in [0.15, 0.2) is 30.3 Å². The van der Waals surface area contributed by atoms with Crippen LogP contribution in [0.5, 0.6) is 0 Å². The van der Waals surface area contributed by atoms with E-state index in [-0.39, 0.29) is 0 Å². The van der Waals surface area contributed by atoms with Gasteiger partial charge < -0.3 is 10.4 Å². The number of rotatable bonds is 5. The highest BCUT2D eigenvalue weighted by atomic mass is 16.3. The van der Waals surface area contributed by atoms with Gasteiger partial charge in [0.25, 0.3) is 0 Å². The van der Waals surface area contributed by atoms with Gasteiger partial charge in [-0.25, -0.2) is 0 Å². The fourth-order valence-electron chi connectivity index (χ4n) is 3.08. The summed E-state index contributed by atoms with van der Waals surface area (Å²) in [7, 11) is 0. The highest BCUT2D eigenvalue weighted by Crippen LogP contribution is 2.31. The SMILES string of the molecule is OC1(CNC2CCN(Cc3ccccc3)C2)CCC1. The van der Waals surface area contributed by atoms with Gasteiger partial charge in [0, 0.05) is 32.2 Å². The largest absolute Gasteiger partial charge is 0.389 e. The summed E-state index contributed by atoms with van der Waals surface area (Å²) < 4.78 is 0. The fourth-order valence-corrected chi connectivity index (χ4v) is 3.08. The van der Waals surface area contributed by atoms with Crippen LogP contribution in [-0.4, -0.2) is 41.3 Å². The van der Waals surface area contributed by atoms with Gasteiger partial charge in [-0.2, -0.15) is 0 Å². The van der Waals surface area contributed by atoms with E-state index < -0.39 is 5.60 Å². The molecule has 1 unspecified atom stereocenters. The zero-order valence-corrected chi connectivity index (χ0v) is 11.5. The Bertz CT molecular complexity index is 402. The lowest BCUT2D eigenvalue weighted by Gasteiger charge is -2.37. The minimum Gasteiger partial charge on any atom is -0.389 e. The maximum Gasteiger partial charge on any atom is 0.0771 e. The van der Waals surface area contributed by atoms with Gasteiger partial charge in [-0.15, -0.1) is 0 Å². The molecular formula is C16H24N2O. The molecular weight excluding hydrogens is 236 g/mol. The second-order valence-electron chi connectivity index (χ2n) is 6.17. The standard InChI is InChI=1S/C16H24N2O/c19-16(8-4-9-16)13-17-15-7-10-18(12-15)11-14-5-2-1-3-6-14/h1-3,5-6,15,17,19H,4,7-13H2. The third-order valence-corrected chi connectivity index (χ3v) is 4.53. The molecule has 1 aromatic carbocycles. The van der Waals surface area contributed by atoms with E-state index in [4.69, 9.17) is 0 Å². The van der Waals surface area contributed by atoms with Crippen molar-refractivity contribution in [1.29, 1.82) is 0 Å². The topological polar surface area (TPSA) is 35.5 Å². The van der Waals surface area contributed by atoms with Gasteiger partial charge in [-0.1, -0.05) is 30.3 Å². The molecule has 0 aromatic heterocycles. The number of benzene rings is 1. The molecule has 1 saturated heterocycles. The van der Waals surface area contributed by atoms with Crippen molar-refractivity contribution in [2.24, 2.45) is 0 Å². The summed E-state index contributed by atoms with van der Waals surface area (Å²) in [5.74, 6) is 0. The van der Waals surface area contributed by atoms with Gasteiger partial charge in [-0.05, 0) is 31.2 Å². The maximum atomic E-state index is 10.1. The molecule has 3 heteroatoms. The first kappa shape index (κ1) is 13.1. The molecule has 1 atom stereocenters. The first-order valence-electron chi connectivity index (χ1n) is 7.46. The number of nitrogens with one attached hydrogen (secondary N) is 1. The van der Waals surface area contributed by atoms with Gasteiger partial charge in [-0.3, -0.25) is 4.90 Å². The van der Waals surface area contributed by atoms with Crippen molar-refractivity contribution in [3.05, 3.63) is 35.9 Å². The first-order chi connectivity index (χ1) is 9.23. The number of likely N-dealkylation sites (tertiary alicyclic amines) is 1. The van der Waals surface area contributed by atoms with Crippen LogP contribution in [0.2, 0.25) is 0 Å². The van der Waals surface area contributed by atoms with E-state index >= 15 is 0 Å². The summed E-state index contributed by atoms with van der Waals surface area (Å²) in [4.78, 5) is 2.50. The lowest BCUT2D eigenvalue weighted by atomic mass is 9.80. The van der Waals surface area contributed by atoms with E-state index in [2.05, 4.69) is 40.5 Å². The van der Waals surface area contributed by atoms with Crippen molar-refractivity contribution in [3.8, 4) is 0 Å². The molecule has 1 saturated carbocycles. The monoisotopic (exact) mass is 260 g/mol. The van der Waals surface area contributed by atoms with Crippen molar-refractivity contribution in [3.63, 3.8) is 0 Å². The number of aliphatic hydroxyl groups is 1. The summed E-state index contributed by atoms with van der Waals surface area (Å²) in [6.07, 6.45) is 4.33. The minimum atomic E-state index is -0.396. The van der Waals surface area contributed by atoms with E-state index in [0.29, 0.717) is 6.04 Å². The Hall–Kier alpha value is -0.900. The second-order valence-corrected chi connectivity index (χ2v) is 6.17. The predicted octanol–water partition coefficient (Wildman–Crippen LogP) is 1.77. The Labute approximate surface area is 115 Å². The lowest BCUT2D eigenvalue weighted by molar-refractivity contribution is -0.0330. The Morgan fingerprint density at radius 3 is 2.74 bits per heavy atom. The summed E-state index contributed by atoms with van der Waals surface area (Å²) in [5, 5.41) is 13.6. The van der Waals surface area contributed by atoms with E-state index in [1.807, 2.05) is 0 Å². The quantitative estimate of drug-likeness (QED) is 0.847. The molecule has 3 nitrogen and oxygen atoms in total. The normalized spacial score (nSPS) is 26.3. The summed E-state index contributed by atoms with van der Waals surface area (Å²) >= 11 is 0. The maximum absolute atomic E-state index is 10.1. The van der Waals surface area contributed by atoms with Crippen molar-refractivity contribution in [1.82, 2.24) is 10.2 Å². The fraction of sp³-hybridized carbons (Fsp3) is 0.625. The molecule has 1 heterocycles. The van der Waals surface area contributed by atoms with Crippen LogP contribution >= 0.6 is 0 Å². The first-order valence-corrected chi connectivity index (χ1v) is 7.46. The van der Waals surface area contributed by atoms with Crippen LogP contribution in [0, 0.1) is 0 Å². The van der Waals surface area contributed by atoms with E-state index in [1.54, 1.807) is 0 Å². The molecule has 2 fully saturated rings. The van der Waals surface area contributed by atoms with Crippen LogP contribution < -0.4 is 5.32 Å². The molecule has 2 N–H and O–H groups in total. The molecule has 0 spiro atoms. The van der Waals surface area contributed by atoms with Gasteiger partial charge in [0.2, 0.25) is 0 Å². The molecule has 2 aliphatic rings. The number of nitrogens with zero attached hydrogens (tertiary/aromatic N) is 1. The Kier molecular flexibility index (Phi) is 3.87. The molecule has 19 heavy (non-hydrogen) atoms. The average molecular weight is 260 g/mol. The van der Waals surface area contributed by atoms with Gasteiger partial charge in [0.05, 0.1) is 5.60 Å². The van der Waals surface area contributed by atoms with E-state index in [9.17, 15) is 5.11 Å². The molecule has 1 aliphatic heterocycles. The molecule has 1 aromatic rings. The summed E-state index contributed by atoms with van der Waals surface area (Å²) in [5.41, 5.74) is 0.994. The van der Waals surface area contributed by atoms with Crippen molar-refractivity contribution in [2.75, 3.05) is 19.6 Å². The zero-order valence-electron chi connectivity index (χ0n) is 11.5. The summed E-state index contributed by atoms with van der Waals surface area (Å²) in [6.45, 7) is 4.08. The lowest BCUT2D eigenvalue weighted by Crippen LogP contribution is -2.49. The van der Waals surface area contributed by atoms with Crippen LogP contribution in [0.1, 0.15) is 31.2 Å². The highest BCUT2D eigenvalue weighted by molar-refractivity contribution is 5.14. The predicted molar refractivity (Wildman–Crippen MR) is 76.9 cm³/mol. The van der Waals surface area contributed by atoms with Gasteiger partial charge >= 0.3 is 0 Å². The van der Waals surface area contributed by atoms with Crippen molar-refractivity contribution < 1.29 is 5.11 Å². The number of hydrogen-bond donors (Lipinski definition) is 2. The molecule has 0 radical (unpaired) electrons. The Balaban J connectivity index is 1.42. The zero-order chi connectivity index (χ0) is 13.1. The van der Waals surface area contributed by atoms with Gasteiger partial charge in [0.15, 0.2) is 0 Å². The third-order valence-electron chi connectivity index (χ3n) is 4.53. The third kappa shape index (κ3) is 3.35. The summed E-state index contributed by atoms with van der Waals surface area (Å²) in [6, 6.07) is 11.2. The molecule has 1 aliphatic carbocycles. The van der Waals surface area contributed by atoms with Crippen LogP contribution in [-0.2, 0) is 6.54 Å². The van der Waals surface area contributed by atoms with Crippen LogP contribution in [0.3, 0.4) is 0 Å².